The highest BCUT2D eigenvalue weighted by Crippen LogP contribution is 2.30. The molecule has 1 aromatic rings. The lowest BCUT2D eigenvalue weighted by molar-refractivity contribution is 0.264. The molecule has 2 N–H and O–H groups in total. The van der Waals surface area contributed by atoms with Crippen LogP contribution < -0.4 is 10.5 Å². The van der Waals surface area contributed by atoms with E-state index in [0.717, 1.165) is 36.0 Å². The second-order valence-corrected chi connectivity index (χ2v) is 5.12. The maximum Gasteiger partial charge on any atom is 0.123 e. The third kappa shape index (κ3) is 3.00. The highest BCUT2D eigenvalue weighted by atomic mass is 32.1. The predicted octanol–water partition coefficient (Wildman–Crippen LogP) is 2.31. The first-order chi connectivity index (χ1) is 8.65. The van der Waals surface area contributed by atoms with Crippen molar-refractivity contribution >= 4 is 17.2 Å². The van der Waals surface area contributed by atoms with Crippen molar-refractivity contribution in [2.24, 2.45) is 5.73 Å². The van der Waals surface area contributed by atoms with Crippen molar-refractivity contribution in [3.8, 4) is 5.75 Å². The molecule has 1 fully saturated rings. The van der Waals surface area contributed by atoms with Crippen LogP contribution in [0.5, 0.6) is 5.75 Å². The van der Waals surface area contributed by atoms with Crippen LogP contribution in [0.25, 0.3) is 0 Å². The molecule has 0 saturated heterocycles. The third-order valence-electron chi connectivity index (χ3n) is 3.41. The Balaban J connectivity index is 2.22. The van der Waals surface area contributed by atoms with Gasteiger partial charge in [0.25, 0.3) is 0 Å². The van der Waals surface area contributed by atoms with Gasteiger partial charge in [-0.3, -0.25) is 4.90 Å². The van der Waals surface area contributed by atoms with Gasteiger partial charge in [0.1, 0.15) is 10.7 Å². The van der Waals surface area contributed by atoms with Crippen LogP contribution in [-0.2, 0) is 6.54 Å². The van der Waals surface area contributed by atoms with E-state index in [1.807, 2.05) is 18.2 Å². The molecule has 0 amide bonds. The monoisotopic (exact) mass is 264 g/mol. The van der Waals surface area contributed by atoms with Crippen LogP contribution in [0.1, 0.15) is 30.9 Å². The molecule has 0 atom stereocenters. The second kappa shape index (κ2) is 5.67. The topological polar surface area (TPSA) is 38.5 Å². The molecule has 0 unspecified atom stereocenters. The van der Waals surface area contributed by atoms with Gasteiger partial charge in [-0.25, -0.2) is 0 Å². The molecule has 1 aliphatic carbocycles. The summed E-state index contributed by atoms with van der Waals surface area (Å²) in [7, 11) is 1.70. The normalized spacial score (nSPS) is 14.8. The van der Waals surface area contributed by atoms with Gasteiger partial charge in [0.05, 0.1) is 7.11 Å². The number of hydrogen-bond acceptors (Lipinski definition) is 3. The highest BCUT2D eigenvalue weighted by Gasteiger charge is 2.28. The lowest BCUT2D eigenvalue weighted by atomic mass is 10.1. The summed E-state index contributed by atoms with van der Waals surface area (Å²) in [6.45, 7) is 4.16. The van der Waals surface area contributed by atoms with Crippen LogP contribution in [0, 0.1) is 0 Å². The first-order valence-corrected chi connectivity index (χ1v) is 6.77. The highest BCUT2D eigenvalue weighted by molar-refractivity contribution is 7.80. The molecule has 3 nitrogen and oxygen atoms in total. The van der Waals surface area contributed by atoms with Crippen LogP contribution in [0.15, 0.2) is 18.2 Å². The van der Waals surface area contributed by atoms with Crippen molar-refractivity contribution in [2.45, 2.75) is 32.4 Å². The fraction of sp³-hybridized carbons (Fsp3) is 0.500. The minimum Gasteiger partial charge on any atom is -0.496 e. The zero-order valence-corrected chi connectivity index (χ0v) is 11.8. The van der Waals surface area contributed by atoms with E-state index in [9.17, 15) is 0 Å². The van der Waals surface area contributed by atoms with Crippen LogP contribution >= 0.6 is 12.2 Å². The van der Waals surface area contributed by atoms with E-state index in [-0.39, 0.29) is 0 Å². The Morgan fingerprint density at radius 3 is 2.72 bits per heavy atom. The molecule has 1 aromatic carbocycles. The van der Waals surface area contributed by atoms with Crippen LogP contribution in [0.4, 0.5) is 0 Å². The summed E-state index contributed by atoms with van der Waals surface area (Å²) >= 11 is 5.03. The minimum atomic E-state index is 0.438. The Hall–Kier alpha value is -1.13. The van der Waals surface area contributed by atoms with Crippen molar-refractivity contribution in [2.75, 3.05) is 13.7 Å². The molecule has 0 spiro atoms. The average molecular weight is 264 g/mol. The summed E-state index contributed by atoms with van der Waals surface area (Å²) in [6.07, 6.45) is 2.62. The Morgan fingerprint density at radius 1 is 1.50 bits per heavy atom. The Bertz CT molecular complexity index is 443. The fourth-order valence-electron chi connectivity index (χ4n) is 2.21. The van der Waals surface area contributed by atoms with Gasteiger partial charge in [-0.1, -0.05) is 19.1 Å². The average Bonchev–Trinajstić information content (AvgIpc) is 3.19. The first kappa shape index (κ1) is 13.3. The van der Waals surface area contributed by atoms with Gasteiger partial charge in [-0.05, 0) is 37.6 Å². The lowest BCUT2D eigenvalue weighted by Gasteiger charge is -2.21. The van der Waals surface area contributed by atoms with Gasteiger partial charge in [-0.15, -0.1) is 0 Å². The number of ether oxygens (including phenoxy) is 1. The number of methoxy groups -OCH3 is 1. The molecule has 2 rings (SSSR count). The summed E-state index contributed by atoms with van der Waals surface area (Å²) in [5, 5.41) is 0. The number of benzene rings is 1. The van der Waals surface area contributed by atoms with E-state index < -0.39 is 0 Å². The lowest BCUT2D eigenvalue weighted by Crippen LogP contribution is -2.25. The van der Waals surface area contributed by atoms with Crippen LogP contribution in [0.3, 0.4) is 0 Å². The van der Waals surface area contributed by atoms with Gasteiger partial charge in [0.15, 0.2) is 0 Å². The van der Waals surface area contributed by atoms with Crippen LogP contribution in [-0.4, -0.2) is 29.6 Å². The van der Waals surface area contributed by atoms with Gasteiger partial charge < -0.3 is 10.5 Å². The summed E-state index contributed by atoms with van der Waals surface area (Å²) in [4.78, 5) is 2.91. The van der Waals surface area contributed by atoms with Crippen molar-refractivity contribution < 1.29 is 4.74 Å². The molecular formula is C14H20N2OS. The number of rotatable bonds is 6. The van der Waals surface area contributed by atoms with Crippen molar-refractivity contribution in [1.82, 2.24) is 4.90 Å². The second-order valence-electron chi connectivity index (χ2n) is 4.69. The maximum absolute atomic E-state index is 5.69. The molecule has 1 saturated carbocycles. The third-order valence-corrected chi connectivity index (χ3v) is 3.64. The molecule has 0 aliphatic heterocycles. The standard InChI is InChI=1S/C14H20N2OS/c1-3-16(12-5-6-12)9-11-8-10(14(15)18)4-7-13(11)17-2/h4,7-8,12H,3,5-6,9H2,1-2H3,(H2,15,18). The van der Waals surface area contributed by atoms with Gasteiger partial charge in [-0.2, -0.15) is 0 Å². The molecule has 4 heteroatoms. The van der Waals surface area contributed by atoms with Crippen molar-refractivity contribution in [1.29, 1.82) is 0 Å². The van der Waals surface area contributed by atoms with E-state index in [2.05, 4.69) is 11.8 Å². The van der Waals surface area contributed by atoms with Crippen molar-refractivity contribution in [3.05, 3.63) is 29.3 Å². The molecule has 0 aromatic heterocycles. The minimum absolute atomic E-state index is 0.438. The molecule has 18 heavy (non-hydrogen) atoms. The largest absolute Gasteiger partial charge is 0.496 e. The molecule has 0 radical (unpaired) electrons. The van der Waals surface area contributed by atoms with E-state index >= 15 is 0 Å². The number of thiocarbonyl (C=S) groups is 1. The Kier molecular flexibility index (Phi) is 4.19. The number of hydrogen-bond donors (Lipinski definition) is 1. The summed E-state index contributed by atoms with van der Waals surface area (Å²) in [5.41, 5.74) is 7.76. The molecule has 0 bridgehead atoms. The van der Waals surface area contributed by atoms with E-state index in [1.165, 1.54) is 12.8 Å². The quantitative estimate of drug-likeness (QED) is 0.800. The van der Waals surface area contributed by atoms with Gasteiger partial charge in [0.2, 0.25) is 0 Å². The Labute approximate surface area is 114 Å². The number of nitrogens with zero attached hydrogens (tertiary/aromatic N) is 1. The molecule has 1 aliphatic rings. The Morgan fingerprint density at radius 2 is 2.22 bits per heavy atom. The van der Waals surface area contributed by atoms with E-state index in [0.29, 0.717) is 4.99 Å². The first-order valence-electron chi connectivity index (χ1n) is 6.36. The SMILES string of the molecule is CCN(Cc1cc(C(N)=S)ccc1OC)C1CC1. The zero-order chi connectivity index (χ0) is 13.1. The molecule has 98 valence electrons. The van der Waals surface area contributed by atoms with E-state index in [1.54, 1.807) is 7.11 Å². The maximum atomic E-state index is 5.69. The summed E-state index contributed by atoms with van der Waals surface area (Å²) < 4.78 is 5.41. The smallest absolute Gasteiger partial charge is 0.123 e. The van der Waals surface area contributed by atoms with E-state index in [4.69, 9.17) is 22.7 Å². The summed E-state index contributed by atoms with van der Waals surface area (Å²) in [6, 6.07) is 6.66. The predicted molar refractivity (Wildman–Crippen MR) is 78.0 cm³/mol. The summed E-state index contributed by atoms with van der Waals surface area (Å²) in [5.74, 6) is 0.911. The van der Waals surface area contributed by atoms with Crippen molar-refractivity contribution in [3.63, 3.8) is 0 Å². The molecular weight excluding hydrogens is 244 g/mol. The number of nitrogens with two attached hydrogens (primary N) is 1. The molecule has 0 heterocycles. The fourth-order valence-corrected chi connectivity index (χ4v) is 2.34. The van der Waals surface area contributed by atoms with Gasteiger partial charge in [0, 0.05) is 23.7 Å². The van der Waals surface area contributed by atoms with Crippen LogP contribution in [0.2, 0.25) is 0 Å². The zero-order valence-electron chi connectivity index (χ0n) is 11.0. The van der Waals surface area contributed by atoms with Gasteiger partial charge >= 0.3 is 0 Å².